The molecule has 0 aromatic rings. The highest BCUT2D eigenvalue weighted by atomic mass is 33.1. The van der Waals surface area contributed by atoms with Crippen molar-refractivity contribution < 1.29 is 4.79 Å². The highest BCUT2D eigenvalue weighted by molar-refractivity contribution is 8.84. The third-order valence-electron chi connectivity index (χ3n) is 1.53. The van der Waals surface area contributed by atoms with Gasteiger partial charge in [0.05, 0.1) is 0 Å². The zero-order chi connectivity index (χ0) is 10.2. The first kappa shape index (κ1) is 11.3. The number of hydrogen-bond donors (Lipinski definition) is 1. The SMILES string of the molecule is CC(C)(C)C(=O)N1C(=S)SSC1N. The smallest absolute Gasteiger partial charge is 0.235 e. The number of carbonyl (C=O) groups is 1. The normalized spacial score (nSPS) is 23.8. The molecule has 1 saturated heterocycles. The molecule has 2 N–H and O–H groups in total. The molecule has 1 heterocycles. The van der Waals surface area contributed by atoms with Crippen molar-refractivity contribution >= 4 is 44.0 Å². The number of thiocarbonyl (C=S) groups is 1. The number of amides is 1. The van der Waals surface area contributed by atoms with Gasteiger partial charge in [0.25, 0.3) is 0 Å². The van der Waals surface area contributed by atoms with Crippen LogP contribution in [0.15, 0.2) is 0 Å². The van der Waals surface area contributed by atoms with Gasteiger partial charge in [0.15, 0.2) is 4.32 Å². The van der Waals surface area contributed by atoms with Crippen LogP contribution in [0, 0.1) is 5.41 Å². The maximum atomic E-state index is 11.8. The van der Waals surface area contributed by atoms with Crippen molar-refractivity contribution in [1.82, 2.24) is 4.90 Å². The van der Waals surface area contributed by atoms with Crippen molar-refractivity contribution in [3.05, 3.63) is 0 Å². The van der Waals surface area contributed by atoms with E-state index in [-0.39, 0.29) is 11.4 Å². The molecule has 1 atom stereocenters. The van der Waals surface area contributed by atoms with Gasteiger partial charge in [0.2, 0.25) is 5.91 Å². The van der Waals surface area contributed by atoms with Crippen molar-refractivity contribution in [3.8, 4) is 0 Å². The van der Waals surface area contributed by atoms with Crippen molar-refractivity contribution in [2.75, 3.05) is 0 Å². The molecule has 3 nitrogen and oxygen atoms in total. The standard InChI is InChI=1S/C7H12N2OS3/c1-7(2,3)4(10)9-5(8)12-13-6(9)11/h5H,8H2,1-3H3. The summed E-state index contributed by atoms with van der Waals surface area (Å²) in [5, 5.41) is 0. The predicted octanol–water partition coefficient (Wildman–Crippen LogP) is 1.78. The molecule has 1 unspecified atom stereocenters. The lowest BCUT2D eigenvalue weighted by Crippen LogP contribution is -2.46. The average molecular weight is 236 g/mol. The Balaban J connectivity index is 2.82. The van der Waals surface area contributed by atoms with Gasteiger partial charge in [0.1, 0.15) is 5.50 Å². The molecule has 1 amide bonds. The predicted molar refractivity (Wildman–Crippen MR) is 62.1 cm³/mol. The van der Waals surface area contributed by atoms with Crippen molar-refractivity contribution in [1.29, 1.82) is 0 Å². The fourth-order valence-electron chi connectivity index (χ4n) is 0.837. The highest BCUT2D eigenvalue weighted by Gasteiger charge is 2.37. The van der Waals surface area contributed by atoms with E-state index >= 15 is 0 Å². The van der Waals surface area contributed by atoms with Crippen LogP contribution in [-0.2, 0) is 4.79 Å². The minimum atomic E-state index is -0.423. The summed E-state index contributed by atoms with van der Waals surface area (Å²) in [5.74, 6) is -0.0116. The molecule has 74 valence electrons. The largest absolute Gasteiger partial charge is 0.301 e. The molecule has 0 spiro atoms. The summed E-state index contributed by atoms with van der Waals surface area (Å²) in [6, 6.07) is 0. The Bertz CT molecular complexity index is 249. The summed E-state index contributed by atoms with van der Waals surface area (Å²) >= 11 is 5.03. The van der Waals surface area contributed by atoms with Crippen LogP contribution in [0.3, 0.4) is 0 Å². The van der Waals surface area contributed by atoms with E-state index in [1.165, 1.54) is 26.5 Å². The van der Waals surface area contributed by atoms with Gasteiger partial charge < -0.3 is 5.73 Å². The van der Waals surface area contributed by atoms with Crippen LogP contribution in [0.2, 0.25) is 0 Å². The third-order valence-corrected chi connectivity index (χ3v) is 4.49. The molecule has 6 heteroatoms. The minimum absolute atomic E-state index is 0.0116. The summed E-state index contributed by atoms with van der Waals surface area (Å²) in [7, 11) is 2.80. The minimum Gasteiger partial charge on any atom is -0.301 e. The quantitative estimate of drug-likeness (QED) is 0.513. The van der Waals surface area contributed by atoms with Crippen molar-refractivity contribution in [3.63, 3.8) is 0 Å². The molecule has 0 aromatic heterocycles. The molecule has 1 rings (SSSR count). The number of nitrogens with two attached hydrogens (primary N) is 1. The van der Waals surface area contributed by atoms with E-state index < -0.39 is 5.41 Å². The molecule has 0 aromatic carbocycles. The number of hydrogen-bond acceptors (Lipinski definition) is 5. The summed E-state index contributed by atoms with van der Waals surface area (Å²) < 4.78 is 0.567. The Morgan fingerprint density at radius 2 is 2.15 bits per heavy atom. The summed E-state index contributed by atoms with van der Waals surface area (Å²) in [6.45, 7) is 5.58. The molecule has 0 radical (unpaired) electrons. The van der Waals surface area contributed by atoms with Gasteiger partial charge in [-0.1, -0.05) is 33.0 Å². The van der Waals surface area contributed by atoms with Gasteiger partial charge in [0, 0.05) is 5.41 Å². The Morgan fingerprint density at radius 3 is 2.46 bits per heavy atom. The second-order valence-electron chi connectivity index (χ2n) is 3.76. The van der Waals surface area contributed by atoms with Crippen molar-refractivity contribution in [2.45, 2.75) is 26.3 Å². The third kappa shape index (κ3) is 2.37. The topological polar surface area (TPSA) is 46.3 Å². The lowest BCUT2D eigenvalue weighted by atomic mass is 9.95. The maximum absolute atomic E-state index is 11.8. The molecule has 13 heavy (non-hydrogen) atoms. The molecular weight excluding hydrogens is 224 g/mol. The molecule has 1 aliphatic rings. The molecule has 0 bridgehead atoms. The Hall–Kier alpha value is 0.220. The molecule has 1 fully saturated rings. The fourth-order valence-corrected chi connectivity index (χ4v) is 3.31. The fraction of sp³-hybridized carbons (Fsp3) is 0.714. The first-order valence-corrected chi connectivity index (χ1v) is 6.42. The van der Waals surface area contributed by atoms with E-state index in [0.29, 0.717) is 4.32 Å². The zero-order valence-electron chi connectivity index (χ0n) is 7.73. The van der Waals surface area contributed by atoms with Crippen LogP contribution >= 0.6 is 33.8 Å². The highest BCUT2D eigenvalue weighted by Crippen LogP contribution is 2.39. The van der Waals surface area contributed by atoms with Gasteiger partial charge in [-0.25, -0.2) is 0 Å². The van der Waals surface area contributed by atoms with Gasteiger partial charge in [-0.05, 0) is 21.6 Å². The zero-order valence-corrected chi connectivity index (χ0v) is 10.2. The van der Waals surface area contributed by atoms with Crippen LogP contribution in [0.4, 0.5) is 0 Å². The first-order chi connectivity index (χ1) is 5.84. The number of carbonyl (C=O) groups excluding carboxylic acids is 1. The Kier molecular flexibility index (Phi) is 3.27. The Labute approximate surface area is 91.2 Å². The van der Waals surface area contributed by atoms with Crippen LogP contribution in [0.1, 0.15) is 20.8 Å². The molecule has 1 aliphatic heterocycles. The van der Waals surface area contributed by atoms with Crippen LogP contribution in [0.5, 0.6) is 0 Å². The number of nitrogens with zero attached hydrogens (tertiary/aromatic N) is 1. The maximum Gasteiger partial charge on any atom is 0.235 e. The van der Waals surface area contributed by atoms with E-state index in [4.69, 9.17) is 18.0 Å². The average Bonchev–Trinajstić information content (AvgIpc) is 2.28. The lowest BCUT2D eigenvalue weighted by molar-refractivity contribution is -0.135. The summed E-state index contributed by atoms with van der Waals surface area (Å²) in [4.78, 5) is 13.3. The molecule has 0 saturated carbocycles. The van der Waals surface area contributed by atoms with Crippen LogP contribution < -0.4 is 5.73 Å². The molecular formula is C7H12N2OS3. The van der Waals surface area contributed by atoms with E-state index in [1.807, 2.05) is 20.8 Å². The summed E-state index contributed by atoms with van der Waals surface area (Å²) in [5.41, 5.74) is 4.97. The van der Waals surface area contributed by atoms with E-state index in [1.54, 1.807) is 0 Å². The van der Waals surface area contributed by atoms with Crippen LogP contribution in [-0.4, -0.2) is 20.6 Å². The van der Waals surface area contributed by atoms with Gasteiger partial charge >= 0.3 is 0 Å². The second-order valence-corrected chi connectivity index (χ2v) is 6.71. The van der Waals surface area contributed by atoms with Gasteiger partial charge in [-0.3, -0.25) is 9.69 Å². The monoisotopic (exact) mass is 236 g/mol. The molecule has 0 aliphatic carbocycles. The Morgan fingerprint density at radius 1 is 1.62 bits per heavy atom. The second kappa shape index (κ2) is 3.76. The van der Waals surface area contributed by atoms with Crippen molar-refractivity contribution in [2.24, 2.45) is 11.1 Å². The van der Waals surface area contributed by atoms with Gasteiger partial charge in [-0.15, -0.1) is 0 Å². The summed E-state index contributed by atoms with van der Waals surface area (Å²) in [6.07, 6.45) is 0. The van der Waals surface area contributed by atoms with Gasteiger partial charge in [-0.2, -0.15) is 0 Å². The number of rotatable bonds is 0. The van der Waals surface area contributed by atoms with Crippen LogP contribution in [0.25, 0.3) is 0 Å². The van der Waals surface area contributed by atoms with E-state index in [9.17, 15) is 4.79 Å². The van der Waals surface area contributed by atoms with E-state index in [0.717, 1.165) is 0 Å². The lowest BCUT2D eigenvalue weighted by Gasteiger charge is -2.26. The first-order valence-electron chi connectivity index (χ1n) is 3.80. The van der Waals surface area contributed by atoms with E-state index in [2.05, 4.69) is 0 Å².